The van der Waals surface area contributed by atoms with Gasteiger partial charge in [-0.25, -0.2) is 4.31 Å². The number of rotatable bonds is 23. The largest absolute Gasteiger partial charge is 0.395 e. The smallest absolute Gasteiger partial charge is 0.334 e. The normalized spacial score (nSPS) is 13.7. The molecule has 0 aromatic rings. The molecule has 214 valence electrons. The van der Waals surface area contributed by atoms with Gasteiger partial charge in [-0.1, -0.05) is 110 Å². The standard InChI is InChI=1S/C24H50O4.H4O5P2/c1-3-4-5-6-7-8-9-10-11-12-13-14-15-16-17-18-19-23(2,28)24(20-25,21-26)22-27;1-6(2)5-7(3)4/h25-28H,3-22H2,1-2H3;1-4H. The average molecular weight is 549 g/mol. The lowest BCUT2D eigenvalue weighted by Gasteiger charge is -2.41. The van der Waals surface area contributed by atoms with Gasteiger partial charge in [-0.15, -0.1) is 0 Å². The average Bonchev–Trinajstić information content (AvgIpc) is 2.79. The number of hydrogen-bond acceptors (Lipinski definition) is 9. The molecule has 0 saturated heterocycles. The van der Waals surface area contributed by atoms with E-state index in [1.165, 1.54) is 83.5 Å². The van der Waals surface area contributed by atoms with Gasteiger partial charge in [0.2, 0.25) is 0 Å². The number of unbranched alkanes of at least 4 members (excludes halogenated alkanes) is 15. The van der Waals surface area contributed by atoms with Gasteiger partial charge in [0.1, 0.15) is 0 Å². The highest BCUT2D eigenvalue weighted by atomic mass is 31.2. The van der Waals surface area contributed by atoms with Crippen LogP contribution in [0.15, 0.2) is 0 Å². The molecule has 0 bridgehead atoms. The Morgan fingerprint density at radius 2 is 0.829 bits per heavy atom. The number of aliphatic hydroxyl groups excluding tert-OH is 3. The molecule has 0 aliphatic carbocycles. The first kappa shape index (κ1) is 37.7. The number of hydrogen-bond donors (Lipinski definition) is 8. The molecule has 0 saturated carbocycles. The molecule has 0 radical (unpaired) electrons. The van der Waals surface area contributed by atoms with Gasteiger partial charge in [0, 0.05) is 0 Å². The van der Waals surface area contributed by atoms with Crippen molar-refractivity contribution in [1.82, 2.24) is 0 Å². The summed E-state index contributed by atoms with van der Waals surface area (Å²) in [5.74, 6) is 0. The Kier molecular flexibility index (Phi) is 26.7. The van der Waals surface area contributed by atoms with Crippen LogP contribution in [0.5, 0.6) is 0 Å². The summed E-state index contributed by atoms with van der Waals surface area (Å²) in [6.45, 7) is 2.65. The van der Waals surface area contributed by atoms with E-state index in [9.17, 15) is 20.4 Å². The van der Waals surface area contributed by atoms with E-state index in [0.29, 0.717) is 6.42 Å². The first-order chi connectivity index (χ1) is 16.6. The molecule has 11 heteroatoms. The molecule has 8 N–H and O–H groups in total. The summed E-state index contributed by atoms with van der Waals surface area (Å²) in [4.78, 5) is 31.3. The van der Waals surface area contributed by atoms with Crippen molar-refractivity contribution >= 4 is 17.2 Å². The third-order valence-corrected chi connectivity index (χ3v) is 7.88. The molecule has 9 nitrogen and oxygen atoms in total. The van der Waals surface area contributed by atoms with Gasteiger partial charge in [0.25, 0.3) is 0 Å². The summed E-state index contributed by atoms with van der Waals surface area (Å²) in [5.41, 5.74) is -2.47. The fourth-order valence-electron chi connectivity index (χ4n) is 4.01. The molecule has 1 atom stereocenters. The van der Waals surface area contributed by atoms with Crippen LogP contribution in [0.4, 0.5) is 0 Å². The molecule has 0 aliphatic rings. The molecule has 0 rings (SSSR count). The first-order valence-corrected chi connectivity index (χ1v) is 15.5. The molecule has 0 spiro atoms. The Morgan fingerprint density at radius 3 is 1.06 bits per heavy atom. The SMILES string of the molecule is CCCCCCCCCCCCCCCCCCC(C)(O)C(CO)(CO)CO.OP(O)OP(O)O. The van der Waals surface area contributed by atoms with E-state index >= 15 is 0 Å². The molecule has 1 unspecified atom stereocenters. The van der Waals surface area contributed by atoms with E-state index in [2.05, 4.69) is 11.2 Å². The molecule has 0 aliphatic heterocycles. The van der Waals surface area contributed by atoms with E-state index in [-0.39, 0.29) is 0 Å². The third-order valence-electron chi connectivity index (χ3n) is 6.71. The van der Waals surface area contributed by atoms with E-state index in [0.717, 1.165) is 19.3 Å². The summed E-state index contributed by atoms with van der Waals surface area (Å²) in [6.07, 6.45) is 21.4. The van der Waals surface area contributed by atoms with Gasteiger partial charge in [-0.3, -0.25) is 0 Å². The van der Waals surface area contributed by atoms with Crippen molar-refractivity contribution in [2.24, 2.45) is 5.41 Å². The van der Waals surface area contributed by atoms with Crippen LogP contribution in [0.2, 0.25) is 0 Å². The fraction of sp³-hybridized carbons (Fsp3) is 1.00. The molecule has 0 fully saturated rings. The van der Waals surface area contributed by atoms with Crippen LogP contribution in [0, 0.1) is 5.41 Å². The lowest BCUT2D eigenvalue weighted by molar-refractivity contribution is -0.147. The van der Waals surface area contributed by atoms with Gasteiger partial charge in [0.05, 0.1) is 30.8 Å². The Bertz CT molecular complexity index is 423. The maximum Gasteiger partial charge on any atom is 0.334 e. The molecular weight excluding hydrogens is 494 g/mol. The van der Waals surface area contributed by atoms with Crippen LogP contribution in [0.1, 0.15) is 123 Å². The van der Waals surface area contributed by atoms with Crippen molar-refractivity contribution in [3.8, 4) is 0 Å². The van der Waals surface area contributed by atoms with Gasteiger partial charge < -0.3 is 40.0 Å². The minimum Gasteiger partial charge on any atom is -0.395 e. The van der Waals surface area contributed by atoms with Crippen molar-refractivity contribution in [3.63, 3.8) is 0 Å². The zero-order valence-corrected chi connectivity index (χ0v) is 23.8. The van der Waals surface area contributed by atoms with E-state index in [1.807, 2.05) is 0 Å². The topological polar surface area (TPSA) is 171 Å². The molecule has 35 heavy (non-hydrogen) atoms. The minimum atomic E-state index is -2.61. The highest BCUT2D eigenvalue weighted by Gasteiger charge is 2.45. The summed E-state index contributed by atoms with van der Waals surface area (Å²) in [5, 5.41) is 39.0. The molecular formula is C24H54O9P2. The molecule has 0 aromatic heterocycles. The van der Waals surface area contributed by atoms with Crippen LogP contribution in [-0.4, -0.2) is 65.4 Å². The summed E-state index contributed by atoms with van der Waals surface area (Å²) in [7, 11) is -5.22. The predicted octanol–water partition coefficient (Wildman–Crippen LogP) is 4.78. The van der Waals surface area contributed by atoms with E-state index in [4.69, 9.17) is 19.6 Å². The Balaban J connectivity index is 0. The van der Waals surface area contributed by atoms with Crippen LogP contribution >= 0.6 is 17.2 Å². The zero-order valence-electron chi connectivity index (χ0n) is 22.0. The van der Waals surface area contributed by atoms with Gasteiger partial charge in [-0.05, 0) is 13.3 Å². The summed E-state index contributed by atoms with van der Waals surface area (Å²) in [6, 6.07) is 0. The molecule has 0 aromatic carbocycles. The van der Waals surface area contributed by atoms with Crippen molar-refractivity contribution in [3.05, 3.63) is 0 Å². The lowest BCUT2D eigenvalue weighted by Crippen LogP contribution is -2.53. The summed E-state index contributed by atoms with van der Waals surface area (Å²) < 4.78 is 3.60. The lowest BCUT2D eigenvalue weighted by atomic mass is 9.72. The van der Waals surface area contributed by atoms with Crippen molar-refractivity contribution in [2.45, 2.75) is 129 Å². The minimum absolute atomic E-state index is 0.411. The first-order valence-electron chi connectivity index (χ1n) is 13.2. The highest BCUT2D eigenvalue weighted by molar-refractivity contribution is 7.53. The Hall–Kier alpha value is 0.500. The van der Waals surface area contributed by atoms with Crippen molar-refractivity contribution < 1.29 is 44.3 Å². The van der Waals surface area contributed by atoms with Crippen LogP contribution in [0.3, 0.4) is 0 Å². The monoisotopic (exact) mass is 548 g/mol. The maximum absolute atomic E-state index is 10.6. The Morgan fingerprint density at radius 1 is 0.543 bits per heavy atom. The quantitative estimate of drug-likeness (QED) is 0.0661. The predicted molar refractivity (Wildman–Crippen MR) is 142 cm³/mol. The van der Waals surface area contributed by atoms with Crippen molar-refractivity contribution in [1.29, 1.82) is 0 Å². The van der Waals surface area contributed by atoms with Crippen LogP contribution in [0.25, 0.3) is 0 Å². The second kappa shape index (κ2) is 24.8. The molecule has 0 heterocycles. The van der Waals surface area contributed by atoms with Gasteiger partial charge >= 0.3 is 17.2 Å². The van der Waals surface area contributed by atoms with E-state index in [1.54, 1.807) is 6.92 Å². The van der Waals surface area contributed by atoms with E-state index < -0.39 is 48.0 Å². The van der Waals surface area contributed by atoms with Gasteiger partial charge in [-0.2, -0.15) is 0 Å². The molecule has 0 amide bonds. The number of aliphatic hydroxyl groups is 4. The second-order valence-electron chi connectivity index (χ2n) is 9.67. The second-order valence-corrected chi connectivity index (χ2v) is 11.3. The maximum atomic E-state index is 10.6. The fourth-order valence-corrected chi connectivity index (χ4v) is 4.53. The Labute approximate surface area is 215 Å². The zero-order chi connectivity index (χ0) is 27.0. The highest BCUT2D eigenvalue weighted by Crippen LogP contribution is 2.41. The van der Waals surface area contributed by atoms with Crippen LogP contribution < -0.4 is 0 Å². The van der Waals surface area contributed by atoms with Crippen LogP contribution in [-0.2, 0) is 4.31 Å². The van der Waals surface area contributed by atoms with Crippen molar-refractivity contribution in [2.75, 3.05) is 19.8 Å². The van der Waals surface area contributed by atoms with Gasteiger partial charge in [0.15, 0.2) is 0 Å². The third kappa shape index (κ3) is 21.2. The summed E-state index contributed by atoms with van der Waals surface area (Å²) >= 11 is 0.